The number of hydrogen-bond donors (Lipinski definition) is 1. The van der Waals surface area contributed by atoms with Gasteiger partial charge in [0.05, 0.1) is 6.54 Å². The lowest BCUT2D eigenvalue weighted by Gasteiger charge is -2.26. The van der Waals surface area contributed by atoms with Crippen LogP contribution < -0.4 is 5.32 Å². The summed E-state index contributed by atoms with van der Waals surface area (Å²) in [7, 11) is 1.93. The maximum atomic E-state index is 12.1. The Morgan fingerprint density at radius 3 is 2.32 bits per heavy atom. The fourth-order valence-electron chi connectivity index (χ4n) is 2.07. The normalized spacial score (nSPS) is 22.1. The van der Waals surface area contributed by atoms with E-state index in [-0.39, 0.29) is 5.91 Å². The van der Waals surface area contributed by atoms with Crippen molar-refractivity contribution < 1.29 is 4.79 Å². The summed E-state index contributed by atoms with van der Waals surface area (Å²) in [6.07, 6.45) is 1.20. The minimum Gasteiger partial charge on any atom is -0.353 e. The van der Waals surface area contributed by atoms with Gasteiger partial charge >= 0.3 is 0 Å². The summed E-state index contributed by atoms with van der Waals surface area (Å²) in [6, 6.07) is 0.524. The van der Waals surface area contributed by atoms with Gasteiger partial charge in [0.2, 0.25) is 5.91 Å². The molecule has 0 spiro atoms. The Kier molecular flexibility index (Phi) is 6.12. The molecule has 5 nitrogen and oxygen atoms in total. The zero-order chi connectivity index (χ0) is 14.4. The van der Waals surface area contributed by atoms with E-state index in [1.165, 1.54) is 6.42 Å². The van der Waals surface area contributed by atoms with Crippen LogP contribution in [0.1, 0.15) is 34.1 Å². The highest BCUT2D eigenvalue weighted by atomic mass is 16.2. The van der Waals surface area contributed by atoms with E-state index in [0.717, 1.165) is 25.6 Å². The van der Waals surface area contributed by atoms with E-state index in [1.807, 2.05) is 37.6 Å². The lowest BCUT2D eigenvalue weighted by molar-refractivity contribution is -0.131. The highest BCUT2D eigenvalue weighted by Crippen LogP contribution is 2.29. The van der Waals surface area contributed by atoms with Gasteiger partial charge in [-0.1, -0.05) is 6.92 Å². The van der Waals surface area contributed by atoms with Gasteiger partial charge in [0.15, 0.2) is 5.96 Å². The second-order valence-corrected chi connectivity index (χ2v) is 5.18. The summed E-state index contributed by atoms with van der Waals surface area (Å²) in [5, 5.41) is 3.43. The Morgan fingerprint density at radius 1 is 1.32 bits per heavy atom. The van der Waals surface area contributed by atoms with Crippen molar-refractivity contribution in [1.82, 2.24) is 15.1 Å². The van der Waals surface area contributed by atoms with Crippen molar-refractivity contribution in [2.24, 2.45) is 10.9 Å². The number of guanidine groups is 1. The van der Waals surface area contributed by atoms with Crippen molar-refractivity contribution in [3.8, 4) is 0 Å². The van der Waals surface area contributed by atoms with Crippen molar-refractivity contribution in [3.05, 3.63) is 0 Å². The van der Waals surface area contributed by atoms with E-state index in [9.17, 15) is 4.79 Å². The standard InChI is InChI=1S/C14H28N4O/c1-6-15-14(16-12-9-11(12)4)17(5)10-13(19)18(7-2)8-3/h11-12H,6-10H2,1-5H3,(H,15,16). The molecule has 1 N–H and O–H groups in total. The Balaban J connectivity index is 2.54. The molecule has 1 amide bonds. The second-order valence-electron chi connectivity index (χ2n) is 5.18. The predicted molar refractivity (Wildman–Crippen MR) is 79.2 cm³/mol. The molecule has 0 bridgehead atoms. The van der Waals surface area contributed by atoms with Gasteiger partial charge < -0.3 is 15.1 Å². The van der Waals surface area contributed by atoms with Crippen molar-refractivity contribution in [2.75, 3.05) is 33.2 Å². The SMILES string of the molecule is CCN=C(NC1CC1C)N(C)CC(=O)N(CC)CC. The third-order valence-corrected chi connectivity index (χ3v) is 3.58. The molecule has 2 atom stereocenters. The van der Waals surface area contributed by atoms with E-state index in [1.54, 1.807) is 0 Å². The number of amides is 1. The van der Waals surface area contributed by atoms with Crippen molar-refractivity contribution >= 4 is 11.9 Å². The fourth-order valence-corrected chi connectivity index (χ4v) is 2.07. The van der Waals surface area contributed by atoms with E-state index in [2.05, 4.69) is 17.2 Å². The second kappa shape index (κ2) is 7.36. The third-order valence-electron chi connectivity index (χ3n) is 3.58. The van der Waals surface area contributed by atoms with Gasteiger partial charge in [0, 0.05) is 32.7 Å². The summed E-state index contributed by atoms with van der Waals surface area (Å²) >= 11 is 0. The van der Waals surface area contributed by atoms with Crippen LogP contribution in [0.3, 0.4) is 0 Å². The summed E-state index contributed by atoms with van der Waals surface area (Å²) in [4.78, 5) is 20.3. The van der Waals surface area contributed by atoms with Crippen LogP contribution in [-0.2, 0) is 4.79 Å². The maximum absolute atomic E-state index is 12.1. The lowest BCUT2D eigenvalue weighted by Crippen LogP contribution is -2.46. The first-order valence-corrected chi connectivity index (χ1v) is 7.33. The molecule has 110 valence electrons. The average molecular weight is 268 g/mol. The van der Waals surface area contributed by atoms with E-state index >= 15 is 0 Å². The first-order chi connectivity index (χ1) is 9.03. The molecule has 1 aliphatic rings. The molecular weight excluding hydrogens is 240 g/mol. The lowest BCUT2D eigenvalue weighted by atomic mass is 10.4. The molecule has 2 unspecified atom stereocenters. The summed E-state index contributed by atoms with van der Waals surface area (Å²) in [6.45, 7) is 10.9. The largest absolute Gasteiger partial charge is 0.353 e. The molecule has 0 aromatic carbocycles. The van der Waals surface area contributed by atoms with Crippen LogP contribution in [0.25, 0.3) is 0 Å². The molecule has 5 heteroatoms. The van der Waals surface area contributed by atoms with Gasteiger partial charge in [-0.05, 0) is 33.1 Å². The quantitative estimate of drug-likeness (QED) is 0.581. The van der Waals surface area contributed by atoms with Crippen LogP contribution in [0.4, 0.5) is 0 Å². The maximum Gasteiger partial charge on any atom is 0.242 e. The number of carbonyl (C=O) groups excluding carboxylic acids is 1. The molecule has 0 aromatic rings. The molecule has 0 radical (unpaired) electrons. The Morgan fingerprint density at radius 2 is 1.89 bits per heavy atom. The average Bonchev–Trinajstić information content (AvgIpc) is 3.06. The molecule has 0 aliphatic heterocycles. The molecule has 1 fully saturated rings. The molecule has 0 saturated heterocycles. The van der Waals surface area contributed by atoms with Gasteiger partial charge in [0.1, 0.15) is 0 Å². The molecule has 1 saturated carbocycles. The van der Waals surface area contributed by atoms with Crippen molar-refractivity contribution in [3.63, 3.8) is 0 Å². The zero-order valence-electron chi connectivity index (χ0n) is 12.9. The molecule has 0 heterocycles. The minimum absolute atomic E-state index is 0.155. The zero-order valence-corrected chi connectivity index (χ0v) is 12.9. The summed E-state index contributed by atoms with van der Waals surface area (Å²) in [5.41, 5.74) is 0. The minimum atomic E-state index is 0.155. The van der Waals surface area contributed by atoms with Gasteiger partial charge in [-0.2, -0.15) is 0 Å². The number of hydrogen-bond acceptors (Lipinski definition) is 2. The topological polar surface area (TPSA) is 47.9 Å². The van der Waals surface area contributed by atoms with Gasteiger partial charge in [-0.15, -0.1) is 0 Å². The highest BCUT2D eigenvalue weighted by molar-refractivity contribution is 5.86. The molecule has 19 heavy (non-hydrogen) atoms. The molecular formula is C14H28N4O. The number of nitrogens with zero attached hydrogens (tertiary/aromatic N) is 3. The summed E-state index contributed by atoms with van der Waals surface area (Å²) < 4.78 is 0. The Hall–Kier alpha value is -1.26. The monoisotopic (exact) mass is 268 g/mol. The number of nitrogens with one attached hydrogen (secondary N) is 1. The summed E-state index contributed by atoms with van der Waals surface area (Å²) in [5.74, 6) is 1.72. The van der Waals surface area contributed by atoms with Crippen LogP contribution in [0.5, 0.6) is 0 Å². The number of rotatable bonds is 6. The molecule has 0 aromatic heterocycles. The first kappa shape index (κ1) is 15.8. The molecule has 1 aliphatic carbocycles. The predicted octanol–water partition coefficient (Wildman–Crippen LogP) is 1.16. The fraction of sp³-hybridized carbons (Fsp3) is 0.857. The van der Waals surface area contributed by atoms with Crippen LogP contribution in [0, 0.1) is 5.92 Å². The Bertz CT molecular complexity index is 325. The van der Waals surface area contributed by atoms with Crippen LogP contribution in [-0.4, -0.2) is 60.9 Å². The van der Waals surface area contributed by atoms with Crippen LogP contribution in [0.15, 0.2) is 4.99 Å². The van der Waals surface area contributed by atoms with Gasteiger partial charge in [0.25, 0.3) is 0 Å². The van der Waals surface area contributed by atoms with E-state index in [4.69, 9.17) is 0 Å². The number of likely N-dealkylation sites (N-methyl/N-ethyl adjacent to an activating group) is 2. The number of carbonyl (C=O) groups is 1. The smallest absolute Gasteiger partial charge is 0.242 e. The highest BCUT2D eigenvalue weighted by Gasteiger charge is 2.34. The molecule has 1 rings (SSSR count). The van der Waals surface area contributed by atoms with E-state index < -0.39 is 0 Å². The van der Waals surface area contributed by atoms with E-state index in [0.29, 0.717) is 18.5 Å². The van der Waals surface area contributed by atoms with Crippen LogP contribution >= 0.6 is 0 Å². The first-order valence-electron chi connectivity index (χ1n) is 7.33. The van der Waals surface area contributed by atoms with Crippen molar-refractivity contribution in [2.45, 2.75) is 40.2 Å². The number of aliphatic imine (C=N–C) groups is 1. The van der Waals surface area contributed by atoms with Crippen LogP contribution in [0.2, 0.25) is 0 Å². The van der Waals surface area contributed by atoms with Gasteiger partial charge in [-0.25, -0.2) is 0 Å². The Labute approximate surface area is 117 Å². The van der Waals surface area contributed by atoms with Gasteiger partial charge in [-0.3, -0.25) is 9.79 Å². The third kappa shape index (κ3) is 4.73. The van der Waals surface area contributed by atoms with Crippen molar-refractivity contribution in [1.29, 1.82) is 0 Å².